The molecule has 0 saturated heterocycles. The molecule has 3 atom stereocenters. The molecule has 0 radical (unpaired) electrons. The Labute approximate surface area is 180 Å². The van der Waals surface area contributed by atoms with Gasteiger partial charge in [0.1, 0.15) is 0 Å². The van der Waals surface area contributed by atoms with Crippen molar-refractivity contribution in [3.05, 3.63) is 66.2 Å². The Balaban J connectivity index is 1.62. The fourth-order valence-electron chi connectivity index (χ4n) is 4.34. The zero-order valence-electron chi connectivity index (χ0n) is 17.9. The lowest BCUT2D eigenvalue weighted by Crippen LogP contribution is -2.35. The van der Waals surface area contributed by atoms with E-state index in [2.05, 4.69) is 53.8 Å². The third kappa shape index (κ3) is 6.90. The van der Waals surface area contributed by atoms with Crippen LogP contribution in [-0.4, -0.2) is 36.4 Å². The lowest BCUT2D eigenvalue weighted by molar-refractivity contribution is -0.114. The van der Waals surface area contributed by atoms with Gasteiger partial charge >= 0.3 is 0 Å². The fourth-order valence-corrected chi connectivity index (χ4v) is 4.34. The predicted molar refractivity (Wildman–Crippen MR) is 124 cm³/mol. The number of amides is 1. The Morgan fingerprint density at radius 1 is 1.17 bits per heavy atom. The number of carbonyl (C=O) groups excluding carboxylic acids is 1. The summed E-state index contributed by atoms with van der Waals surface area (Å²) in [6.45, 7) is 0. The van der Waals surface area contributed by atoms with Crippen LogP contribution in [0, 0.1) is 5.92 Å². The second-order valence-corrected chi connectivity index (χ2v) is 8.36. The monoisotopic (exact) mass is 406 g/mol. The summed E-state index contributed by atoms with van der Waals surface area (Å²) in [4.78, 5) is 17.2. The first-order valence-corrected chi connectivity index (χ1v) is 11.0. The van der Waals surface area contributed by atoms with Crippen LogP contribution in [0.15, 0.2) is 65.7 Å². The summed E-state index contributed by atoms with van der Waals surface area (Å²) in [7, 11) is 1.65. The molecule has 0 spiro atoms. The molecular formula is C25H34N4O. The van der Waals surface area contributed by atoms with Gasteiger partial charge in [-0.3, -0.25) is 9.69 Å². The number of aryl methyl sites for hydroxylation is 1. The average molecular weight is 407 g/mol. The number of aliphatic imine (C=N–C) groups is 1. The Kier molecular flexibility index (Phi) is 8.30. The third-order valence-corrected chi connectivity index (χ3v) is 5.98. The molecule has 3 N–H and O–H groups in total. The van der Waals surface area contributed by atoms with Crippen LogP contribution in [0.25, 0.3) is 0 Å². The molecule has 1 amide bonds. The van der Waals surface area contributed by atoms with E-state index in [1.807, 2.05) is 12.1 Å². The molecular weight excluding hydrogens is 372 g/mol. The maximum atomic E-state index is 11.1. The average Bonchev–Trinajstić information content (AvgIpc) is 2.78. The van der Waals surface area contributed by atoms with Crippen LogP contribution in [0.3, 0.4) is 0 Å². The van der Waals surface area contributed by atoms with Crippen LogP contribution >= 0.6 is 0 Å². The minimum Gasteiger partial charge on any atom is -0.382 e. The van der Waals surface area contributed by atoms with Gasteiger partial charge in [0.25, 0.3) is 0 Å². The molecule has 5 nitrogen and oxygen atoms in total. The highest BCUT2D eigenvalue weighted by Gasteiger charge is 2.25. The number of rotatable bonds is 9. The van der Waals surface area contributed by atoms with E-state index in [1.165, 1.54) is 35.4 Å². The smallest absolute Gasteiger partial charge is 0.216 e. The topological polar surface area (TPSA) is 70.7 Å². The van der Waals surface area contributed by atoms with Crippen molar-refractivity contribution in [2.45, 2.75) is 57.0 Å². The molecule has 0 unspecified atom stereocenters. The minimum atomic E-state index is 0.119. The van der Waals surface area contributed by atoms with E-state index in [0.717, 1.165) is 25.7 Å². The standard InChI is InChI=1S/C25H34N4O/c1-29(19-30)25(26)28-24(16-15-20-9-4-2-5-10-20)18-21-11-8-14-23(17-21)27-22-12-6-3-7-13-22/h2-7,9-10,12-13,19,21,23-24,27H,8,11,14-18H2,1H3,(H2,26,28)/t21-,23+,24+/m0/s1. The van der Waals surface area contributed by atoms with Gasteiger partial charge in [0, 0.05) is 18.8 Å². The van der Waals surface area contributed by atoms with Gasteiger partial charge in [-0.25, -0.2) is 4.99 Å². The van der Waals surface area contributed by atoms with E-state index in [1.54, 1.807) is 7.05 Å². The summed E-state index contributed by atoms with van der Waals surface area (Å²) < 4.78 is 0. The summed E-state index contributed by atoms with van der Waals surface area (Å²) in [5, 5.41) is 3.69. The normalized spacial score (nSPS) is 20.4. The lowest BCUT2D eigenvalue weighted by atomic mass is 9.81. The summed E-state index contributed by atoms with van der Waals surface area (Å²) in [5.74, 6) is 0.914. The van der Waals surface area contributed by atoms with Gasteiger partial charge in [0.2, 0.25) is 6.41 Å². The number of nitrogens with one attached hydrogen (secondary N) is 1. The quantitative estimate of drug-likeness (QED) is 0.367. The molecule has 3 rings (SSSR count). The van der Waals surface area contributed by atoms with Crippen molar-refractivity contribution < 1.29 is 4.79 Å². The molecule has 0 aromatic heterocycles. The molecule has 2 aromatic carbocycles. The minimum absolute atomic E-state index is 0.119. The summed E-state index contributed by atoms with van der Waals surface area (Å²) in [6, 6.07) is 21.6. The maximum absolute atomic E-state index is 11.1. The molecule has 30 heavy (non-hydrogen) atoms. The van der Waals surface area contributed by atoms with Crippen LogP contribution in [0.4, 0.5) is 5.69 Å². The van der Waals surface area contributed by atoms with Gasteiger partial charge < -0.3 is 11.1 Å². The zero-order chi connectivity index (χ0) is 21.2. The van der Waals surface area contributed by atoms with E-state index in [4.69, 9.17) is 10.7 Å². The van der Waals surface area contributed by atoms with E-state index in [-0.39, 0.29) is 6.04 Å². The molecule has 2 aromatic rings. The Morgan fingerprint density at radius 2 is 1.87 bits per heavy atom. The number of hydrogen-bond donors (Lipinski definition) is 2. The number of nitrogens with two attached hydrogens (primary N) is 1. The largest absolute Gasteiger partial charge is 0.382 e. The molecule has 1 saturated carbocycles. The van der Waals surface area contributed by atoms with Gasteiger partial charge in [-0.15, -0.1) is 0 Å². The fraction of sp³-hybridized carbons (Fsp3) is 0.440. The van der Waals surface area contributed by atoms with Gasteiger partial charge in [0.05, 0.1) is 6.04 Å². The van der Waals surface area contributed by atoms with Crippen LogP contribution in [-0.2, 0) is 11.2 Å². The van der Waals surface area contributed by atoms with Crippen molar-refractivity contribution in [2.75, 3.05) is 12.4 Å². The van der Waals surface area contributed by atoms with Gasteiger partial charge in [-0.1, -0.05) is 61.4 Å². The number of anilines is 1. The Bertz CT molecular complexity index is 793. The van der Waals surface area contributed by atoms with Crippen LogP contribution < -0.4 is 11.1 Å². The number of benzene rings is 2. The molecule has 1 aliphatic rings. The predicted octanol–water partition coefficient (Wildman–Crippen LogP) is 4.45. The molecule has 5 heteroatoms. The third-order valence-electron chi connectivity index (χ3n) is 5.98. The number of para-hydroxylation sites is 1. The highest BCUT2D eigenvalue weighted by atomic mass is 16.1. The first-order valence-electron chi connectivity index (χ1n) is 11.0. The van der Waals surface area contributed by atoms with Crippen molar-refractivity contribution in [1.82, 2.24) is 4.90 Å². The van der Waals surface area contributed by atoms with Crippen LogP contribution in [0.5, 0.6) is 0 Å². The number of carbonyl (C=O) groups is 1. The zero-order valence-corrected chi connectivity index (χ0v) is 17.9. The first-order chi connectivity index (χ1) is 14.6. The van der Waals surface area contributed by atoms with E-state index >= 15 is 0 Å². The van der Waals surface area contributed by atoms with Crippen molar-refractivity contribution in [3.63, 3.8) is 0 Å². The van der Waals surface area contributed by atoms with Crippen molar-refractivity contribution >= 4 is 18.1 Å². The summed E-state index contributed by atoms with van der Waals surface area (Å²) in [5.41, 5.74) is 8.57. The maximum Gasteiger partial charge on any atom is 0.216 e. The van der Waals surface area contributed by atoms with Gasteiger partial charge in [0.15, 0.2) is 5.96 Å². The molecule has 0 heterocycles. The Hall–Kier alpha value is -2.82. The van der Waals surface area contributed by atoms with Crippen molar-refractivity contribution in [2.24, 2.45) is 16.6 Å². The number of guanidine groups is 1. The molecule has 160 valence electrons. The highest BCUT2D eigenvalue weighted by molar-refractivity contribution is 5.87. The summed E-state index contributed by atoms with van der Waals surface area (Å²) in [6.07, 6.45) is 8.44. The molecule has 0 aliphatic heterocycles. The second kappa shape index (κ2) is 11.4. The molecule has 1 fully saturated rings. The number of hydrogen-bond acceptors (Lipinski definition) is 3. The lowest BCUT2D eigenvalue weighted by Gasteiger charge is -2.32. The summed E-state index contributed by atoms with van der Waals surface area (Å²) >= 11 is 0. The van der Waals surface area contributed by atoms with E-state index in [0.29, 0.717) is 24.3 Å². The first kappa shape index (κ1) is 21.9. The second-order valence-electron chi connectivity index (χ2n) is 8.36. The van der Waals surface area contributed by atoms with Crippen LogP contribution in [0.1, 0.15) is 44.1 Å². The van der Waals surface area contributed by atoms with E-state index in [9.17, 15) is 4.79 Å². The Morgan fingerprint density at radius 3 is 2.57 bits per heavy atom. The van der Waals surface area contributed by atoms with Crippen molar-refractivity contribution in [1.29, 1.82) is 0 Å². The van der Waals surface area contributed by atoms with E-state index < -0.39 is 0 Å². The number of nitrogens with zero attached hydrogens (tertiary/aromatic N) is 2. The van der Waals surface area contributed by atoms with Gasteiger partial charge in [-0.2, -0.15) is 0 Å². The highest BCUT2D eigenvalue weighted by Crippen LogP contribution is 2.31. The van der Waals surface area contributed by atoms with Crippen LogP contribution in [0.2, 0.25) is 0 Å². The molecule has 0 bridgehead atoms. The van der Waals surface area contributed by atoms with Crippen molar-refractivity contribution in [3.8, 4) is 0 Å². The SMILES string of the molecule is CN(C=O)C(N)=N[C@H](CCc1ccccc1)C[C@H]1CCC[C@@H](Nc2ccccc2)C1. The van der Waals surface area contributed by atoms with Gasteiger partial charge in [-0.05, 0) is 55.7 Å². The molecule has 1 aliphatic carbocycles.